The average Bonchev–Trinajstić information content (AvgIpc) is 2.70. The summed E-state index contributed by atoms with van der Waals surface area (Å²) in [5, 5.41) is 0. The van der Waals surface area contributed by atoms with Crippen LogP contribution in [0.15, 0.2) is 0 Å². The molecule has 80 valence electrons. The number of amides is 1. The molecule has 2 rings (SSSR count). The van der Waals surface area contributed by atoms with Crippen molar-refractivity contribution in [1.82, 2.24) is 4.90 Å². The summed E-state index contributed by atoms with van der Waals surface area (Å²) in [6, 6.07) is 0.122. The number of rotatable bonds is 1. The van der Waals surface area contributed by atoms with Crippen LogP contribution in [0.5, 0.6) is 0 Å². The number of hydrogen-bond donors (Lipinski definition) is 1. The molecule has 1 amide bonds. The summed E-state index contributed by atoms with van der Waals surface area (Å²) >= 11 is 0. The molecular weight excluding hydrogens is 176 g/mol. The summed E-state index contributed by atoms with van der Waals surface area (Å²) in [6.07, 6.45) is 6.77. The Kier molecular flexibility index (Phi) is 3.06. The third-order valence-corrected chi connectivity index (χ3v) is 3.55. The first-order valence-corrected chi connectivity index (χ1v) is 5.83. The minimum absolute atomic E-state index is 0.122. The van der Waals surface area contributed by atoms with E-state index in [0.29, 0.717) is 5.91 Å². The van der Waals surface area contributed by atoms with Gasteiger partial charge in [0.05, 0.1) is 5.92 Å². The molecule has 2 atom stereocenters. The first-order chi connectivity index (χ1) is 6.79. The van der Waals surface area contributed by atoms with E-state index in [-0.39, 0.29) is 12.0 Å². The standard InChI is InChI=1S/C11H20N2O/c12-10-6-2-1-5-9(10)11(14)13-7-3-4-8-13/h9-10H,1-8,12H2/t9-,10+/m1/s1. The Labute approximate surface area is 85.6 Å². The van der Waals surface area contributed by atoms with Gasteiger partial charge in [-0.25, -0.2) is 0 Å². The van der Waals surface area contributed by atoms with E-state index in [1.54, 1.807) is 0 Å². The van der Waals surface area contributed by atoms with E-state index in [0.717, 1.165) is 25.9 Å². The molecule has 3 heteroatoms. The van der Waals surface area contributed by atoms with Crippen molar-refractivity contribution in [3.05, 3.63) is 0 Å². The van der Waals surface area contributed by atoms with Crippen molar-refractivity contribution < 1.29 is 4.79 Å². The van der Waals surface area contributed by atoms with Gasteiger partial charge in [-0.05, 0) is 25.7 Å². The maximum atomic E-state index is 12.1. The van der Waals surface area contributed by atoms with Gasteiger partial charge in [-0.15, -0.1) is 0 Å². The van der Waals surface area contributed by atoms with Crippen molar-refractivity contribution in [2.24, 2.45) is 11.7 Å². The van der Waals surface area contributed by atoms with Crippen molar-refractivity contribution in [3.8, 4) is 0 Å². The molecule has 3 nitrogen and oxygen atoms in total. The molecule has 2 N–H and O–H groups in total. The van der Waals surface area contributed by atoms with Crippen LogP contribution in [0.4, 0.5) is 0 Å². The predicted octanol–water partition coefficient (Wildman–Crippen LogP) is 1.13. The molecule has 0 bridgehead atoms. The van der Waals surface area contributed by atoms with Gasteiger partial charge in [0, 0.05) is 19.1 Å². The lowest BCUT2D eigenvalue weighted by atomic mass is 9.84. The van der Waals surface area contributed by atoms with Gasteiger partial charge in [0.25, 0.3) is 0 Å². The molecular formula is C11H20N2O. The number of hydrogen-bond acceptors (Lipinski definition) is 2. The van der Waals surface area contributed by atoms with Gasteiger partial charge in [-0.1, -0.05) is 12.8 Å². The van der Waals surface area contributed by atoms with E-state index >= 15 is 0 Å². The molecule has 0 radical (unpaired) electrons. The number of likely N-dealkylation sites (tertiary alicyclic amines) is 1. The normalized spacial score (nSPS) is 33.4. The number of nitrogens with zero attached hydrogens (tertiary/aromatic N) is 1. The lowest BCUT2D eigenvalue weighted by molar-refractivity contribution is -0.136. The fourth-order valence-electron chi connectivity index (χ4n) is 2.64. The smallest absolute Gasteiger partial charge is 0.227 e. The van der Waals surface area contributed by atoms with Crippen LogP contribution in [0, 0.1) is 5.92 Å². The van der Waals surface area contributed by atoms with Gasteiger partial charge in [0.2, 0.25) is 5.91 Å². The highest BCUT2D eigenvalue weighted by Gasteiger charge is 2.32. The highest BCUT2D eigenvalue weighted by Crippen LogP contribution is 2.26. The first kappa shape index (κ1) is 9.97. The van der Waals surface area contributed by atoms with Crippen LogP contribution < -0.4 is 5.73 Å². The molecule has 1 saturated carbocycles. The predicted molar refractivity (Wildman–Crippen MR) is 55.7 cm³/mol. The molecule has 1 aliphatic heterocycles. The number of nitrogens with two attached hydrogens (primary N) is 1. The van der Waals surface area contributed by atoms with Crippen molar-refractivity contribution in [2.45, 2.75) is 44.6 Å². The zero-order chi connectivity index (χ0) is 9.97. The van der Waals surface area contributed by atoms with E-state index in [9.17, 15) is 4.79 Å². The quantitative estimate of drug-likeness (QED) is 0.683. The van der Waals surface area contributed by atoms with Crippen LogP contribution in [-0.4, -0.2) is 29.9 Å². The molecule has 14 heavy (non-hydrogen) atoms. The minimum Gasteiger partial charge on any atom is -0.342 e. The maximum absolute atomic E-state index is 12.1. The molecule has 0 aromatic rings. The van der Waals surface area contributed by atoms with Crippen LogP contribution in [0.1, 0.15) is 38.5 Å². The van der Waals surface area contributed by atoms with Crippen LogP contribution in [0.3, 0.4) is 0 Å². The second-order valence-corrected chi connectivity index (χ2v) is 4.59. The SMILES string of the molecule is N[C@H]1CCCC[C@H]1C(=O)N1CCCC1. The van der Waals surface area contributed by atoms with Crippen molar-refractivity contribution >= 4 is 5.91 Å². The number of carbonyl (C=O) groups is 1. The molecule has 1 aliphatic carbocycles. The van der Waals surface area contributed by atoms with Crippen LogP contribution in [0.2, 0.25) is 0 Å². The van der Waals surface area contributed by atoms with Gasteiger partial charge >= 0.3 is 0 Å². The Morgan fingerprint density at radius 3 is 2.36 bits per heavy atom. The summed E-state index contributed by atoms with van der Waals surface area (Å²) < 4.78 is 0. The second kappa shape index (κ2) is 4.30. The Balaban J connectivity index is 1.94. The Morgan fingerprint density at radius 2 is 1.71 bits per heavy atom. The Bertz CT molecular complexity index is 211. The van der Waals surface area contributed by atoms with Gasteiger partial charge in [0.15, 0.2) is 0 Å². The second-order valence-electron chi connectivity index (χ2n) is 4.59. The third-order valence-electron chi connectivity index (χ3n) is 3.55. The third kappa shape index (κ3) is 1.92. The zero-order valence-electron chi connectivity index (χ0n) is 8.74. The highest BCUT2D eigenvalue weighted by atomic mass is 16.2. The summed E-state index contributed by atoms with van der Waals surface area (Å²) in [6.45, 7) is 1.92. The van der Waals surface area contributed by atoms with Crippen molar-refractivity contribution in [1.29, 1.82) is 0 Å². The first-order valence-electron chi connectivity index (χ1n) is 5.83. The molecule has 0 unspecified atom stereocenters. The molecule has 1 saturated heterocycles. The van der Waals surface area contributed by atoms with Gasteiger partial charge in [-0.2, -0.15) is 0 Å². The molecule has 0 spiro atoms. The Morgan fingerprint density at radius 1 is 1.07 bits per heavy atom. The fraction of sp³-hybridized carbons (Fsp3) is 0.909. The van der Waals surface area contributed by atoms with Gasteiger partial charge in [-0.3, -0.25) is 4.79 Å². The van der Waals surface area contributed by atoms with Gasteiger partial charge in [0.1, 0.15) is 0 Å². The van der Waals surface area contributed by atoms with E-state index in [2.05, 4.69) is 0 Å². The monoisotopic (exact) mass is 196 g/mol. The average molecular weight is 196 g/mol. The van der Waals surface area contributed by atoms with Crippen molar-refractivity contribution in [3.63, 3.8) is 0 Å². The minimum atomic E-state index is 0.122. The van der Waals surface area contributed by atoms with E-state index in [1.807, 2.05) is 4.90 Å². The van der Waals surface area contributed by atoms with Crippen molar-refractivity contribution in [2.75, 3.05) is 13.1 Å². The topological polar surface area (TPSA) is 46.3 Å². The molecule has 0 aromatic carbocycles. The maximum Gasteiger partial charge on any atom is 0.227 e. The van der Waals surface area contributed by atoms with E-state index in [4.69, 9.17) is 5.73 Å². The molecule has 0 aromatic heterocycles. The van der Waals surface area contributed by atoms with Crippen LogP contribution in [-0.2, 0) is 4.79 Å². The lowest BCUT2D eigenvalue weighted by Gasteiger charge is -2.30. The lowest BCUT2D eigenvalue weighted by Crippen LogP contribution is -2.44. The molecule has 2 fully saturated rings. The fourth-order valence-corrected chi connectivity index (χ4v) is 2.64. The van der Waals surface area contributed by atoms with Gasteiger partial charge < -0.3 is 10.6 Å². The van der Waals surface area contributed by atoms with Crippen LogP contribution >= 0.6 is 0 Å². The summed E-state index contributed by atoms with van der Waals surface area (Å²) in [7, 11) is 0. The molecule has 1 heterocycles. The summed E-state index contributed by atoms with van der Waals surface area (Å²) in [4.78, 5) is 14.1. The van der Waals surface area contributed by atoms with E-state index in [1.165, 1.54) is 25.7 Å². The van der Waals surface area contributed by atoms with Crippen LogP contribution in [0.25, 0.3) is 0 Å². The number of carbonyl (C=O) groups excluding carboxylic acids is 1. The zero-order valence-corrected chi connectivity index (χ0v) is 8.74. The Hall–Kier alpha value is -0.570. The summed E-state index contributed by atoms with van der Waals surface area (Å²) in [5.41, 5.74) is 6.00. The van der Waals surface area contributed by atoms with E-state index < -0.39 is 0 Å². The summed E-state index contributed by atoms with van der Waals surface area (Å²) in [5.74, 6) is 0.455. The highest BCUT2D eigenvalue weighted by molar-refractivity contribution is 5.79. The molecule has 2 aliphatic rings. The largest absolute Gasteiger partial charge is 0.342 e.